The van der Waals surface area contributed by atoms with Crippen molar-refractivity contribution in [1.82, 2.24) is 5.32 Å². The lowest BCUT2D eigenvalue weighted by molar-refractivity contribution is -0.00100. The molecule has 0 saturated heterocycles. The van der Waals surface area contributed by atoms with Gasteiger partial charge in [-0.15, -0.1) is 0 Å². The fourth-order valence-corrected chi connectivity index (χ4v) is 1.10. The van der Waals surface area contributed by atoms with Crippen molar-refractivity contribution in [2.24, 2.45) is 5.92 Å². The van der Waals surface area contributed by atoms with E-state index in [9.17, 15) is 0 Å². The van der Waals surface area contributed by atoms with Crippen molar-refractivity contribution in [2.75, 3.05) is 26.3 Å². The van der Waals surface area contributed by atoms with Gasteiger partial charge in [0.25, 0.3) is 0 Å². The first kappa shape index (κ1) is 13.9. The smallest absolute Gasteiger partial charge is 0.0599 e. The molecule has 0 aromatic rings. The molecular weight excluding hydrogens is 178 g/mol. The summed E-state index contributed by atoms with van der Waals surface area (Å²) < 4.78 is 5.56. The van der Waals surface area contributed by atoms with Gasteiger partial charge < -0.3 is 15.2 Å². The summed E-state index contributed by atoms with van der Waals surface area (Å²) in [6.45, 7) is 11.2. The van der Waals surface area contributed by atoms with E-state index in [1.165, 1.54) is 0 Å². The molecule has 14 heavy (non-hydrogen) atoms. The van der Waals surface area contributed by atoms with Gasteiger partial charge in [-0.1, -0.05) is 6.92 Å². The first-order valence-electron chi connectivity index (χ1n) is 5.41. The quantitative estimate of drug-likeness (QED) is 0.615. The number of ether oxygens (including phenoxy) is 1. The summed E-state index contributed by atoms with van der Waals surface area (Å²) in [5, 5.41) is 12.0. The van der Waals surface area contributed by atoms with Crippen LogP contribution in [0.2, 0.25) is 0 Å². The van der Waals surface area contributed by atoms with Crippen LogP contribution < -0.4 is 5.32 Å². The molecule has 86 valence electrons. The lowest BCUT2D eigenvalue weighted by Gasteiger charge is -2.20. The molecule has 0 radical (unpaired) electrons. The number of hydrogen-bond donors (Lipinski definition) is 2. The molecule has 0 aliphatic rings. The Morgan fingerprint density at radius 2 is 2.00 bits per heavy atom. The number of nitrogens with one attached hydrogen (secondary N) is 1. The first-order chi connectivity index (χ1) is 6.45. The summed E-state index contributed by atoms with van der Waals surface area (Å²) in [5.41, 5.74) is -0.0433. The summed E-state index contributed by atoms with van der Waals surface area (Å²) in [7, 11) is 0. The average Bonchev–Trinajstić information content (AvgIpc) is 2.02. The van der Waals surface area contributed by atoms with Crippen LogP contribution in [0.1, 0.15) is 34.1 Å². The van der Waals surface area contributed by atoms with Crippen LogP contribution in [0.5, 0.6) is 0 Å². The second-order valence-electron chi connectivity index (χ2n) is 4.78. The standard InChI is InChI=1S/C11H25NO2/c1-10(5-7-13)9-12-6-8-14-11(2,3)4/h10,12-13H,5-9H2,1-4H3. The van der Waals surface area contributed by atoms with Crippen molar-refractivity contribution < 1.29 is 9.84 Å². The Bertz CT molecular complexity index is 132. The van der Waals surface area contributed by atoms with E-state index in [-0.39, 0.29) is 12.2 Å². The van der Waals surface area contributed by atoms with Crippen LogP contribution >= 0.6 is 0 Å². The summed E-state index contributed by atoms with van der Waals surface area (Å²) >= 11 is 0. The van der Waals surface area contributed by atoms with E-state index < -0.39 is 0 Å². The lowest BCUT2D eigenvalue weighted by atomic mass is 10.1. The van der Waals surface area contributed by atoms with E-state index >= 15 is 0 Å². The number of aliphatic hydroxyl groups excluding tert-OH is 1. The monoisotopic (exact) mass is 203 g/mol. The molecule has 0 saturated carbocycles. The zero-order valence-electron chi connectivity index (χ0n) is 9.97. The van der Waals surface area contributed by atoms with Crippen molar-refractivity contribution in [3.63, 3.8) is 0 Å². The minimum absolute atomic E-state index is 0.0433. The molecule has 0 aromatic heterocycles. The molecular formula is C11H25NO2. The van der Waals surface area contributed by atoms with Crippen molar-refractivity contribution in [3.05, 3.63) is 0 Å². The van der Waals surface area contributed by atoms with Gasteiger partial charge in [0.05, 0.1) is 12.2 Å². The molecule has 1 atom stereocenters. The van der Waals surface area contributed by atoms with E-state index in [1.54, 1.807) is 0 Å². The van der Waals surface area contributed by atoms with Gasteiger partial charge in [-0.2, -0.15) is 0 Å². The highest BCUT2D eigenvalue weighted by molar-refractivity contribution is 4.60. The summed E-state index contributed by atoms with van der Waals surface area (Å²) in [6.07, 6.45) is 0.868. The van der Waals surface area contributed by atoms with Crippen molar-refractivity contribution in [2.45, 2.75) is 39.7 Å². The molecule has 0 spiro atoms. The van der Waals surface area contributed by atoms with Crippen LogP contribution in [0.15, 0.2) is 0 Å². The molecule has 3 heteroatoms. The highest BCUT2D eigenvalue weighted by atomic mass is 16.5. The molecule has 0 aromatic carbocycles. The SMILES string of the molecule is CC(CCO)CNCCOC(C)(C)C. The molecule has 1 unspecified atom stereocenters. The maximum Gasteiger partial charge on any atom is 0.0599 e. The molecule has 0 heterocycles. The minimum atomic E-state index is -0.0433. The van der Waals surface area contributed by atoms with Gasteiger partial charge in [0.1, 0.15) is 0 Å². The lowest BCUT2D eigenvalue weighted by Crippen LogP contribution is -2.29. The molecule has 0 bridgehead atoms. The van der Waals surface area contributed by atoms with Crippen LogP contribution in [0.3, 0.4) is 0 Å². The maximum absolute atomic E-state index is 8.69. The molecule has 0 amide bonds. The largest absolute Gasteiger partial charge is 0.396 e. The van der Waals surface area contributed by atoms with E-state index in [1.807, 2.05) is 0 Å². The molecule has 3 nitrogen and oxygen atoms in total. The number of aliphatic hydroxyl groups is 1. The van der Waals surface area contributed by atoms with Crippen LogP contribution in [-0.4, -0.2) is 37.0 Å². The van der Waals surface area contributed by atoms with Crippen LogP contribution in [-0.2, 0) is 4.74 Å². The Labute approximate surface area is 87.8 Å². The average molecular weight is 203 g/mol. The zero-order valence-corrected chi connectivity index (χ0v) is 9.97. The molecule has 0 fully saturated rings. The van der Waals surface area contributed by atoms with Gasteiger partial charge in [0.15, 0.2) is 0 Å². The normalized spacial score (nSPS) is 14.4. The second-order valence-corrected chi connectivity index (χ2v) is 4.78. The van der Waals surface area contributed by atoms with Gasteiger partial charge in [-0.05, 0) is 39.7 Å². The topological polar surface area (TPSA) is 41.5 Å². The van der Waals surface area contributed by atoms with Gasteiger partial charge in [-0.25, -0.2) is 0 Å². The second kappa shape index (κ2) is 7.21. The van der Waals surface area contributed by atoms with E-state index in [2.05, 4.69) is 33.0 Å². The summed E-state index contributed by atoms with van der Waals surface area (Å²) in [4.78, 5) is 0. The maximum atomic E-state index is 8.69. The third-order valence-electron chi connectivity index (χ3n) is 1.93. The van der Waals surface area contributed by atoms with Gasteiger partial charge in [0, 0.05) is 13.2 Å². The first-order valence-corrected chi connectivity index (χ1v) is 5.41. The van der Waals surface area contributed by atoms with Crippen molar-refractivity contribution >= 4 is 0 Å². The third-order valence-corrected chi connectivity index (χ3v) is 1.93. The Balaban J connectivity index is 3.21. The number of hydrogen-bond acceptors (Lipinski definition) is 3. The fraction of sp³-hybridized carbons (Fsp3) is 1.00. The highest BCUT2D eigenvalue weighted by Gasteiger charge is 2.08. The Hall–Kier alpha value is -0.120. The zero-order chi connectivity index (χ0) is 11.0. The Morgan fingerprint density at radius 3 is 2.50 bits per heavy atom. The van der Waals surface area contributed by atoms with E-state index in [0.717, 1.165) is 26.1 Å². The van der Waals surface area contributed by atoms with Crippen molar-refractivity contribution in [1.29, 1.82) is 0 Å². The van der Waals surface area contributed by atoms with Crippen LogP contribution in [0.25, 0.3) is 0 Å². The van der Waals surface area contributed by atoms with Crippen LogP contribution in [0.4, 0.5) is 0 Å². The van der Waals surface area contributed by atoms with Gasteiger partial charge in [0.2, 0.25) is 0 Å². The van der Waals surface area contributed by atoms with Gasteiger partial charge in [-0.3, -0.25) is 0 Å². The summed E-state index contributed by atoms with van der Waals surface area (Å²) in [6, 6.07) is 0. The van der Waals surface area contributed by atoms with Crippen LogP contribution in [0, 0.1) is 5.92 Å². The molecule has 0 aliphatic heterocycles. The predicted molar refractivity (Wildman–Crippen MR) is 59.4 cm³/mol. The Morgan fingerprint density at radius 1 is 1.36 bits per heavy atom. The molecule has 2 N–H and O–H groups in total. The third kappa shape index (κ3) is 9.96. The van der Waals surface area contributed by atoms with Gasteiger partial charge >= 0.3 is 0 Å². The fourth-order valence-electron chi connectivity index (χ4n) is 1.10. The Kier molecular flexibility index (Phi) is 7.15. The van der Waals surface area contributed by atoms with E-state index in [4.69, 9.17) is 9.84 Å². The molecule has 0 rings (SSSR count). The van der Waals surface area contributed by atoms with Crippen molar-refractivity contribution in [3.8, 4) is 0 Å². The number of rotatable bonds is 7. The summed E-state index contributed by atoms with van der Waals surface area (Å²) in [5.74, 6) is 0.537. The van der Waals surface area contributed by atoms with E-state index in [0.29, 0.717) is 5.92 Å². The predicted octanol–water partition coefficient (Wildman–Crippen LogP) is 1.41. The molecule has 0 aliphatic carbocycles. The highest BCUT2D eigenvalue weighted by Crippen LogP contribution is 2.05. The minimum Gasteiger partial charge on any atom is -0.396 e.